The molecule has 28 heavy (non-hydrogen) atoms. The van der Waals surface area contributed by atoms with Gasteiger partial charge in [0.15, 0.2) is 0 Å². The molecule has 0 aliphatic carbocycles. The predicted octanol–water partition coefficient (Wildman–Crippen LogP) is 3.53. The molecule has 1 heterocycles. The van der Waals surface area contributed by atoms with E-state index in [9.17, 15) is 14.7 Å². The molecule has 1 fully saturated rings. The van der Waals surface area contributed by atoms with Crippen molar-refractivity contribution in [2.45, 2.75) is 6.04 Å². The Hall–Kier alpha value is -2.64. The molecule has 1 aliphatic rings. The number of ether oxygens (including phenoxy) is 2. The van der Waals surface area contributed by atoms with Gasteiger partial charge in [-0.05, 0) is 39.7 Å². The van der Waals surface area contributed by atoms with Crippen LogP contribution in [-0.2, 0) is 14.3 Å². The first-order chi connectivity index (χ1) is 13.5. The minimum Gasteiger partial charge on any atom is -0.507 e. The average molecular weight is 446 g/mol. The molecule has 1 aliphatic heterocycles. The normalized spacial score (nSPS) is 18.5. The van der Waals surface area contributed by atoms with E-state index in [0.29, 0.717) is 15.8 Å². The smallest absolute Gasteiger partial charge is 0.295 e. The van der Waals surface area contributed by atoms with Crippen molar-refractivity contribution < 1.29 is 24.2 Å². The molecule has 2 aromatic rings. The maximum Gasteiger partial charge on any atom is 0.295 e. The van der Waals surface area contributed by atoms with Crippen LogP contribution in [0, 0.1) is 0 Å². The lowest BCUT2D eigenvalue weighted by Crippen LogP contribution is -2.32. The van der Waals surface area contributed by atoms with Gasteiger partial charge in [0.25, 0.3) is 11.7 Å². The first-order valence-corrected chi connectivity index (χ1v) is 9.45. The summed E-state index contributed by atoms with van der Waals surface area (Å²) in [6.45, 7) is 0.522. The zero-order valence-corrected chi connectivity index (χ0v) is 17.1. The zero-order valence-electron chi connectivity index (χ0n) is 15.5. The number of hydrogen-bond acceptors (Lipinski definition) is 5. The molecule has 0 spiro atoms. The van der Waals surface area contributed by atoms with Crippen molar-refractivity contribution in [1.29, 1.82) is 0 Å². The molecule has 7 heteroatoms. The Balaban J connectivity index is 2.15. The van der Waals surface area contributed by atoms with Crippen molar-refractivity contribution in [3.05, 3.63) is 69.7 Å². The first kappa shape index (κ1) is 20.1. The molecule has 1 N–H and O–H groups in total. The summed E-state index contributed by atoms with van der Waals surface area (Å²) in [5, 5.41) is 11.0. The molecular weight excluding hydrogens is 426 g/mol. The molecule has 0 saturated carbocycles. The van der Waals surface area contributed by atoms with Gasteiger partial charge in [-0.15, -0.1) is 0 Å². The molecule has 1 amide bonds. The second-order valence-electron chi connectivity index (χ2n) is 6.25. The van der Waals surface area contributed by atoms with Crippen LogP contribution in [0.5, 0.6) is 5.75 Å². The van der Waals surface area contributed by atoms with Crippen LogP contribution < -0.4 is 4.74 Å². The minimum absolute atomic E-state index is 0.0596. The molecular formula is C21H20BrNO5. The molecule has 6 nitrogen and oxygen atoms in total. The maximum atomic E-state index is 12.8. The largest absolute Gasteiger partial charge is 0.507 e. The van der Waals surface area contributed by atoms with E-state index in [1.807, 2.05) is 30.3 Å². The van der Waals surface area contributed by atoms with Gasteiger partial charge >= 0.3 is 0 Å². The Morgan fingerprint density at radius 2 is 1.86 bits per heavy atom. The van der Waals surface area contributed by atoms with Gasteiger partial charge in [0, 0.05) is 19.2 Å². The second kappa shape index (κ2) is 8.58. The number of hydrogen-bond donors (Lipinski definition) is 1. The fourth-order valence-electron chi connectivity index (χ4n) is 3.25. The monoisotopic (exact) mass is 445 g/mol. The Labute approximate surface area is 171 Å². The van der Waals surface area contributed by atoms with Gasteiger partial charge in [0.2, 0.25) is 0 Å². The number of likely N-dealkylation sites (tertiary alicyclic amines) is 1. The number of halogens is 1. The van der Waals surface area contributed by atoms with Crippen molar-refractivity contribution in [1.82, 2.24) is 4.90 Å². The fourth-order valence-corrected chi connectivity index (χ4v) is 3.79. The van der Waals surface area contributed by atoms with Crippen molar-refractivity contribution in [2.24, 2.45) is 0 Å². The van der Waals surface area contributed by atoms with E-state index in [1.54, 1.807) is 18.2 Å². The van der Waals surface area contributed by atoms with E-state index < -0.39 is 17.7 Å². The van der Waals surface area contributed by atoms with Crippen LogP contribution >= 0.6 is 15.9 Å². The number of Topliss-reactive ketones (excluding diaryl/α,β-unsaturated/α-hetero) is 1. The van der Waals surface area contributed by atoms with E-state index >= 15 is 0 Å². The Morgan fingerprint density at radius 1 is 1.14 bits per heavy atom. The molecule has 3 rings (SSSR count). The van der Waals surface area contributed by atoms with Gasteiger partial charge in [-0.2, -0.15) is 0 Å². The van der Waals surface area contributed by atoms with Crippen LogP contribution in [-0.4, -0.2) is 49.1 Å². The molecule has 146 valence electrons. The summed E-state index contributed by atoms with van der Waals surface area (Å²) in [7, 11) is 3.07. The SMILES string of the molecule is COCCN1C(=O)C(=O)/C(=C(\O)c2ccc(OC)c(Br)c2)C1c1ccccc1. The Morgan fingerprint density at radius 3 is 2.46 bits per heavy atom. The van der Waals surface area contributed by atoms with Crippen molar-refractivity contribution >= 4 is 33.4 Å². The van der Waals surface area contributed by atoms with Gasteiger partial charge < -0.3 is 19.5 Å². The first-order valence-electron chi connectivity index (χ1n) is 8.65. The summed E-state index contributed by atoms with van der Waals surface area (Å²) in [6.07, 6.45) is 0. The van der Waals surface area contributed by atoms with Crippen molar-refractivity contribution in [2.75, 3.05) is 27.4 Å². The number of aliphatic hydroxyl groups is 1. The number of nitrogens with zero attached hydrogens (tertiary/aromatic N) is 1. The number of amides is 1. The molecule has 0 aromatic heterocycles. The van der Waals surface area contributed by atoms with E-state index in [0.717, 1.165) is 5.56 Å². The topological polar surface area (TPSA) is 76.1 Å². The summed E-state index contributed by atoms with van der Waals surface area (Å²) < 4.78 is 10.9. The van der Waals surface area contributed by atoms with Crippen LogP contribution in [0.15, 0.2) is 58.6 Å². The van der Waals surface area contributed by atoms with Crippen molar-refractivity contribution in [3.8, 4) is 5.75 Å². The minimum atomic E-state index is -0.714. The molecule has 2 aromatic carbocycles. The summed E-state index contributed by atoms with van der Waals surface area (Å²) >= 11 is 3.38. The van der Waals surface area contributed by atoms with Crippen molar-refractivity contribution in [3.63, 3.8) is 0 Å². The van der Waals surface area contributed by atoms with Crippen LogP contribution in [0.3, 0.4) is 0 Å². The summed E-state index contributed by atoms with van der Waals surface area (Å²) in [5.41, 5.74) is 1.22. The quantitative estimate of drug-likeness (QED) is 0.418. The van der Waals surface area contributed by atoms with Gasteiger partial charge in [0.1, 0.15) is 11.5 Å². The number of carbonyl (C=O) groups is 2. The van der Waals surface area contributed by atoms with Gasteiger partial charge in [-0.1, -0.05) is 30.3 Å². The zero-order chi connectivity index (χ0) is 20.3. The highest BCUT2D eigenvalue weighted by molar-refractivity contribution is 9.10. The van der Waals surface area contributed by atoms with Gasteiger partial charge in [-0.25, -0.2) is 0 Å². The van der Waals surface area contributed by atoms with Gasteiger partial charge in [-0.3, -0.25) is 9.59 Å². The third kappa shape index (κ3) is 3.68. The lowest BCUT2D eigenvalue weighted by molar-refractivity contribution is -0.140. The predicted molar refractivity (Wildman–Crippen MR) is 108 cm³/mol. The standard InChI is InChI=1S/C21H20BrNO5/c1-27-11-10-23-18(13-6-4-3-5-7-13)17(20(25)21(23)26)19(24)14-8-9-16(28-2)15(22)12-14/h3-9,12,18,24H,10-11H2,1-2H3/b19-17-. The summed E-state index contributed by atoms with van der Waals surface area (Å²) in [5.74, 6) is -0.999. The Bertz CT molecular complexity index is 926. The maximum absolute atomic E-state index is 12.8. The number of ketones is 1. The molecule has 1 atom stereocenters. The number of rotatable bonds is 6. The fraction of sp³-hybridized carbons (Fsp3) is 0.238. The van der Waals surface area contributed by atoms with E-state index in [2.05, 4.69) is 15.9 Å². The third-order valence-electron chi connectivity index (χ3n) is 4.62. The second-order valence-corrected chi connectivity index (χ2v) is 7.10. The number of carbonyl (C=O) groups excluding carboxylic acids is 2. The highest BCUT2D eigenvalue weighted by Gasteiger charge is 2.45. The highest BCUT2D eigenvalue weighted by Crippen LogP contribution is 2.40. The van der Waals surface area contributed by atoms with Crippen LogP contribution in [0.1, 0.15) is 17.2 Å². The van der Waals surface area contributed by atoms with Crippen LogP contribution in [0.4, 0.5) is 0 Å². The molecule has 0 radical (unpaired) electrons. The molecule has 1 saturated heterocycles. The van der Waals surface area contributed by atoms with Gasteiger partial charge in [0.05, 0.1) is 29.8 Å². The third-order valence-corrected chi connectivity index (χ3v) is 5.24. The summed E-state index contributed by atoms with van der Waals surface area (Å²) in [4.78, 5) is 26.9. The van der Waals surface area contributed by atoms with E-state index in [4.69, 9.17) is 9.47 Å². The lowest BCUT2D eigenvalue weighted by Gasteiger charge is -2.25. The average Bonchev–Trinajstić information content (AvgIpc) is 2.97. The number of methoxy groups -OCH3 is 2. The van der Waals surface area contributed by atoms with Crippen LogP contribution in [0.25, 0.3) is 5.76 Å². The Kier molecular flexibility index (Phi) is 6.16. The highest BCUT2D eigenvalue weighted by atomic mass is 79.9. The number of aliphatic hydroxyl groups excluding tert-OH is 1. The molecule has 0 bridgehead atoms. The molecule has 1 unspecified atom stereocenters. The number of benzene rings is 2. The van der Waals surface area contributed by atoms with E-state index in [-0.39, 0.29) is 24.5 Å². The lowest BCUT2D eigenvalue weighted by atomic mass is 9.95. The van der Waals surface area contributed by atoms with E-state index in [1.165, 1.54) is 19.1 Å². The van der Waals surface area contributed by atoms with Crippen LogP contribution in [0.2, 0.25) is 0 Å². The summed E-state index contributed by atoms with van der Waals surface area (Å²) in [6, 6.07) is 13.5.